The third kappa shape index (κ3) is 3.44. The lowest BCUT2D eigenvalue weighted by Gasteiger charge is -2.33. The summed E-state index contributed by atoms with van der Waals surface area (Å²) in [7, 11) is 4.72. The molecular formula is C18H23N3O5. The maximum Gasteiger partial charge on any atom is 0.245 e. The van der Waals surface area contributed by atoms with E-state index in [4.69, 9.17) is 9.47 Å². The van der Waals surface area contributed by atoms with Crippen LogP contribution in [0, 0.1) is 0 Å². The van der Waals surface area contributed by atoms with Gasteiger partial charge in [0.25, 0.3) is 0 Å². The number of piperazine rings is 1. The minimum atomic E-state index is -0.465. The van der Waals surface area contributed by atoms with Crippen LogP contribution in [-0.2, 0) is 20.8 Å². The monoisotopic (exact) mass is 361 g/mol. The molecule has 0 spiro atoms. The molecule has 3 rings (SSSR count). The zero-order chi connectivity index (χ0) is 18.8. The lowest BCUT2D eigenvalue weighted by atomic mass is 10.1. The predicted octanol–water partition coefficient (Wildman–Crippen LogP) is -0.196. The molecule has 0 bridgehead atoms. The van der Waals surface area contributed by atoms with Gasteiger partial charge in [0.05, 0.1) is 27.2 Å². The van der Waals surface area contributed by atoms with Gasteiger partial charge in [-0.05, 0) is 24.1 Å². The number of rotatable bonds is 5. The van der Waals surface area contributed by atoms with Crippen molar-refractivity contribution in [1.82, 2.24) is 15.1 Å². The minimum absolute atomic E-state index is 0.0683. The first-order valence-electron chi connectivity index (χ1n) is 8.47. The van der Waals surface area contributed by atoms with Crippen molar-refractivity contribution < 1.29 is 23.9 Å². The molecular weight excluding hydrogens is 338 g/mol. The number of amides is 3. The number of methoxy groups -OCH3 is 2. The van der Waals surface area contributed by atoms with Crippen LogP contribution in [0.15, 0.2) is 18.2 Å². The molecule has 2 aliphatic rings. The van der Waals surface area contributed by atoms with Crippen molar-refractivity contribution in [2.75, 3.05) is 34.4 Å². The molecule has 1 N–H and O–H groups in total. The summed E-state index contributed by atoms with van der Waals surface area (Å²) >= 11 is 0. The van der Waals surface area contributed by atoms with Gasteiger partial charge in [-0.3, -0.25) is 14.4 Å². The highest BCUT2D eigenvalue weighted by molar-refractivity contribution is 5.95. The SMILES string of the molecule is COc1ccc(CC(=O)N[C@@H]2C[C@H]3C(=O)N(C)CC(=O)N3C2)cc1OC. The minimum Gasteiger partial charge on any atom is -0.493 e. The highest BCUT2D eigenvalue weighted by atomic mass is 16.5. The molecule has 8 heteroatoms. The number of nitrogens with one attached hydrogen (secondary N) is 1. The van der Waals surface area contributed by atoms with Gasteiger partial charge in [0, 0.05) is 19.6 Å². The fourth-order valence-electron chi connectivity index (χ4n) is 3.53. The molecule has 0 aliphatic carbocycles. The largest absolute Gasteiger partial charge is 0.493 e. The molecule has 2 atom stereocenters. The van der Waals surface area contributed by atoms with Crippen LogP contribution in [0.3, 0.4) is 0 Å². The van der Waals surface area contributed by atoms with Gasteiger partial charge in [-0.15, -0.1) is 0 Å². The molecule has 0 unspecified atom stereocenters. The Morgan fingerprint density at radius 1 is 1.23 bits per heavy atom. The van der Waals surface area contributed by atoms with Crippen LogP contribution < -0.4 is 14.8 Å². The average molecular weight is 361 g/mol. The zero-order valence-corrected chi connectivity index (χ0v) is 15.2. The Hall–Kier alpha value is -2.77. The molecule has 3 amide bonds. The number of nitrogens with zero attached hydrogens (tertiary/aromatic N) is 2. The second-order valence-electron chi connectivity index (χ2n) is 6.62. The third-order valence-electron chi connectivity index (χ3n) is 4.83. The van der Waals surface area contributed by atoms with Crippen molar-refractivity contribution in [2.45, 2.75) is 24.9 Å². The molecule has 2 fully saturated rings. The number of hydrogen-bond acceptors (Lipinski definition) is 5. The quantitative estimate of drug-likeness (QED) is 0.785. The Bertz CT molecular complexity index is 736. The van der Waals surface area contributed by atoms with Crippen LogP contribution >= 0.6 is 0 Å². The lowest BCUT2D eigenvalue weighted by Crippen LogP contribution is -2.55. The van der Waals surface area contributed by atoms with E-state index >= 15 is 0 Å². The molecule has 0 aromatic heterocycles. The Balaban J connectivity index is 1.61. The smallest absolute Gasteiger partial charge is 0.245 e. The van der Waals surface area contributed by atoms with Gasteiger partial charge in [-0.2, -0.15) is 0 Å². The van der Waals surface area contributed by atoms with E-state index in [1.807, 2.05) is 0 Å². The highest BCUT2D eigenvalue weighted by Crippen LogP contribution is 2.28. The Morgan fingerprint density at radius 2 is 1.96 bits per heavy atom. The first-order valence-corrected chi connectivity index (χ1v) is 8.47. The maximum atomic E-state index is 12.4. The van der Waals surface area contributed by atoms with Crippen molar-refractivity contribution >= 4 is 17.7 Å². The molecule has 1 aromatic rings. The van der Waals surface area contributed by atoms with Crippen LogP contribution in [0.5, 0.6) is 11.5 Å². The van der Waals surface area contributed by atoms with Crippen LogP contribution in [0.1, 0.15) is 12.0 Å². The van der Waals surface area contributed by atoms with E-state index in [1.54, 1.807) is 44.4 Å². The van der Waals surface area contributed by atoms with Gasteiger partial charge in [0.1, 0.15) is 6.04 Å². The highest BCUT2D eigenvalue weighted by Gasteiger charge is 2.44. The summed E-state index contributed by atoms with van der Waals surface area (Å²) in [5.41, 5.74) is 0.794. The summed E-state index contributed by atoms with van der Waals surface area (Å²) in [6.07, 6.45) is 0.635. The first-order chi connectivity index (χ1) is 12.4. The Labute approximate surface area is 152 Å². The van der Waals surface area contributed by atoms with Crippen molar-refractivity contribution in [3.8, 4) is 11.5 Å². The second-order valence-corrected chi connectivity index (χ2v) is 6.62. The van der Waals surface area contributed by atoms with Gasteiger partial charge in [-0.1, -0.05) is 6.07 Å². The molecule has 1 aromatic carbocycles. The van der Waals surface area contributed by atoms with Crippen molar-refractivity contribution in [1.29, 1.82) is 0 Å². The molecule has 2 aliphatic heterocycles. The van der Waals surface area contributed by atoms with Crippen molar-refractivity contribution in [2.24, 2.45) is 0 Å². The summed E-state index contributed by atoms with van der Waals surface area (Å²) < 4.78 is 10.4. The molecule has 26 heavy (non-hydrogen) atoms. The average Bonchev–Trinajstić information content (AvgIpc) is 3.04. The van der Waals surface area contributed by atoms with E-state index in [9.17, 15) is 14.4 Å². The van der Waals surface area contributed by atoms with E-state index in [0.29, 0.717) is 24.5 Å². The van der Waals surface area contributed by atoms with Gasteiger partial charge in [-0.25, -0.2) is 0 Å². The molecule has 8 nitrogen and oxygen atoms in total. The fraction of sp³-hybridized carbons (Fsp3) is 0.500. The molecule has 2 saturated heterocycles. The summed E-state index contributed by atoms with van der Waals surface area (Å²) in [6, 6.07) is 4.64. The van der Waals surface area contributed by atoms with Crippen LogP contribution in [0.2, 0.25) is 0 Å². The van der Waals surface area contributed by atoms with Gasteiger partial charge in [0.2, 0.25) is 17.7 Å². The molecule has 140 valence electrons. The lowest BCUT2D eigenvalue weighted by molar-refractivity contribution is -0.152. The van der Waals surface area contributed by atoms with E-state index in [-0.39, 0.29) is 36.7 Å². The number of ether oxygens (including phenoxy) is 2. The zero-order valence-electron chi connectivity index (χ0n) is 15.2. The van der Waals surface area contributed by atoms with Crippen molar-refractivity contribution in [3.05, 3.63) is 23.8 Å². The molecule has 2 heterocycles. The summed E-state index contributed by atoms with van der Waals surface area (Å²) in [5.74, 6) is 0.866. The third-order valence-corrected chi connectivity index (χ3v) is 4.83. The first kappa shape index (κ1) is 18.0. The van der Waals surface area contributed by atoms with Gasteiger partial charge < -0.3 is 24.6 Å². The number of carbonyl (C=O) groups is 3. The number of hydrogen-bond donors (Lipinski definition) is 1. The standard InChI is InChI=1S/C18H23N3O5/c1-20-10-17(23)21-9-12(8-13(21)18(20)24)19-16(22)7-11-4-5-14(25-2)15(6-11)26-3/h4-6,12-13H,7-10H2,1-3H3,(H,19,22)/t12-,13+/m1/s1. The van der Waals surface area contributed by atoms with E-state index in [0.717, 1.165) is 5.56 Å². The Morgan fingerprint density at radius 3 is 2.65 bits per heavy atom. The topological polar surface area (TPSA) is 88.2 Å². The second kappa shape index (κ2) is 7.23. The summed E-state index contributed by atoms with van der Waals surface area (Å²) in [5, 5.41) is 2.93. The van der Waals surface area contributed by atoms with E-state index < -0.39 is 6.04 Å². The maximum absolute atomic E-state index is 12.4. The van der Waals surface area contributed by atoms with Gasteiger partial charge >= 0.3 is 0 Å². The summed E-state index contributed by atoms with van der Waals surface area (Å²) in [6.45, 7) is 0.475. The number of benzene rings is 1. The van der Waals surface area contributed by atoms with Crippen LogP contribution in [0.4, 0.5) is 0 Å². The normalized spacial score (nSPS) is 22.3. The van der Waals surface area contributed by atoms with Crippen molar-refractivity contribution in [3.63, 3.8) is 0 Å². The fourth-order valence-corrected chi connectivity index (χ4v) is 3.53. The molecule has 0 saturated carbocycles. The van der Waals surface area contributed by atoms with Crippen LogP contribution in [-0.4, -0.2) is 74.0 Å². The summed E-state index contributed by atoms with van der Waals surface area (Å²) in [4.78, 5) is 39.7. The van der Waals surface area contributed by atoms with Gasteiger partial charge in [0.15, 0.2) is 11.5 Å². The number of likely N-dealkylation sites (N-methyl/N-ethyl adjacent to an activating group) is 1. The number of carbonyl (C=O) groups excluding carboxylic acids is 3. The Kier molecular flexibility index (Phi) is 5.01. The van der Waals surface area contributed by atoms with Crippen LogP contribution in [0.25, 0.3) is 0 Å². The van der Waals surface area contributed by atoms with E-state index in [1.165, 1.54) is 4.90 Å². The number of fused-ring (bicyclic) bond motifs is 1. The molecule has 0 radical (unpaired) electrons. The predicted molar refractivity (Wildman–Crippen MR) is 92.9 cm³/mol. The van der Waals surface area contributed by atoms with E-state index in [2.05, 4.69) is 5.32 Å².